The Morgan fingerprint density at radius 1 is 1.39 bits per heavy atom. The normalized spacial score (nSPS) is 17.8. The molecule has 1 fully saturated rings. The molecule has 18 heavy (non-hydrogen) atoms. The molecule has 0 aromatic carbocycles. The highest BCUT2D eigenvalue weighted by Crippen LogP contribution is 2.35. The molecule has 0 heterocycles. The van der Waals surface area contributed by atoms with Crippen LogP contribution in [0.3, 0.4) is 0 Å². The van der Waals surface area contributed by atoms with Crippen molar-refractivity contribution in [1.29, 1.82) is 5.26 Å². The van der Waals surface area contributed by atoms with E-state index >= 15 is 0 Å². The monoisotopic (exact) mass is 252 g/mol. The Morgan fingerprint density at radius 3 is 2.56 bits per heavy atom. The summed E-state index contributed by atoms with van der Waals surface area (Å²) in [7, 11) is 1.76. The van der Waals surface area contributed by atoms with Crippen LogP contribution in [-0.4, -0.2) is 37.7 Å². The second-order valence-electron chi connectivity index (χ2n) is 6.21. The topological polar surface area (TPSA) is 36.3 Å². The Labute approximate surface area is 112 Å². The molecule has 1 atom stereocenters. The molecule has 0 amide bonds. The van der Waals surface area contributed by atoms with Crippen LogP contribution in [0.1, 0.15) is 46.5 Å². The molecule has 0 radical (unpaired) electrons. The molecule has 0 aromatic rings. The molecule has 1 aliphatic rings. The number of nitriles is 1. The van der Waals surface area contributed by atoms with Crippen LogP contribution < -0.4 is 0 Å². The van der Waals surface area contributed by atoms with E-state index in [0.717, 1.165) is 38.5 Å². The van der Waals surface area contributed by atoms with Gasteiger partial charge < -0.3 is 4.74 Å². The molecular formula is C15H28N2O. The van der Waals surface area contributed by atoms with Gasteiger partial charge in [-0.25, -0.2) is 0 Å². The van der Waals surface area contributed by atoms with Crippen molar-refractivity contribution < 1.29 is 4.74 Å². The minimum atomic E-state index is -0.185. The molecular weight excluding hydrogens is 224 g/mol. The molecule has 3 nitrogen and oxygen atoms in total. The fourth-order valence-corrected chi connectivity index (χ4v) is 2.38. The Bertz CT molecular complexity index is 279. The third kappa shape index (κ3) is 5.37. The van der Waals surface area contributed by atoms with E-state index in [1.165, 1.54) is 12.8 Å². The zero-order chi connectivity index (χ0) is 13.6. The van der Waals surface area contributed by atoms with Crippen molar-refractivity contribution in [3.8, 4) is 6.07 Å². The lowest BCUT2D eigenvalue weighted by molar-refractivity contribution is 0.113. The SMILES string of the molecule is COCCN(CCCC(C)(C)C#N)C(C)C1CC1. The minimum absolute atomic E-state index is 0.185. The van der Waals surface area contributed by atoms with E-state index in [0.29, 0.717) is 6.04 Å². The second-order valence-corrected chi connectivity index (χ2v) is 6.21. The molecule has 104 valence electrons. The molecule has 1 saturated carbocycles. The van der Waals surface area contributed by atoms with Gasteiger partial charge in [-0.3, -0.25) is 4.90 Å². The van der Waals surface area contributed by atoms with Crippen LogP contribution in [0.15, 0.2) is 0 Å². The van der Waals surface area contributed by atoms with Gasteiger partial charge in [0, 0.05) is 19.7 Å². The third-order valence-corrected chi connectivity index (χ3v) is 4.01. The van der Waals surface area contributed by atoms with Crippen LogP contribution in [0.25, 0.3) is 0 Å². The van der Waals surface area contributed by atoms with E-state index in [9.17, 15) is 0 Å². The van der Waals surface area contributed by atoms with Crippen molar-refractivity contribution in [1.82, 2.24) is 4.90 Å². The number of nitrogens with zero attached hydrogens (tertiary/aromatic N) is 2. The summed E-state index contributed by atoms with van der Waals surface area (Å²) < 4.78 is 5.20. The first kappa shape index (κ1) is 15.5. The maximum absolute atomic E-state index is 9.02. The smallest absolute Gasteiger partial charge is 0.0683 e. The van der Waals surface area contributed by atoms with Gasteiger partial charge in [0.15, 0.2) is 0 Å². The summed E-state index contributed by atoms with van der Waals surface area (Å²) in [5.74, 6) is 0.894. The van der Waals surface area contributed by atoms with Gasteiger partial charge in [0.1, 0.15) is 0 Å². The van der Waals surface area contributed by atoms with Gasteiger partial charge in [0.05, 0.1) is 18.1 Å². The zero-order valence-corrected chi connectivity index (χ0v) is 12.4. The summed E-state index contributed by atoms with van der Waals surface area (Å²) >= 11 is 0. The van der Waals surface area contributed by atoms with Gasteiger partial charge in [-0.05, 0) is 58.9 Å². The summed E-state index contributed by atoms with van der Waals surface area (Å²) in [4.78, 5) is 2.54. The van der Waals surface area contributed by atoms with Crippen LogP contribution in [0, 0.1) is 22.7 Å². The van der Waals surface area contributed by atoms with Gasteiger partial charge in [-0.15, -0.1) is 0 Å². The van der Waals surface area contributed by atoms with Crippen LogP contribution in [-0.2, 0) is 4.74 Å². The average molecular weight is 252 g/mol. The highest BCUT2D eigenvalue weighted by atomic mass is 16.5. The van der Waals surface area contributed by atoms with Gasteiger partial charge in [-0.1, -0.05) is 0 Å². The predicted molar refractivity (Wildman–Crippen MR) is 74.3 cm³/mol. The lowest BCUT2D eigenvalue weighted by Gasteiger charge is -2.29. The van der Waals surface area contributed by atoms with E-state index < -0.39 is 0 Å². The third-order valence-electron chi connectivity index (χ3n) is 4.01. The van der Waals surface area contributed by atoms with Crippen LogP contribution in [0.5, 0.6) is 0 Å². The standard InChI is InChI=1S/C15H28N2O/c1-13(14-6-7-14)17(10-11-18-4)9-5-8-15(2,3)12-16/h13-14H,5-11H2,1-4H3. The molecule has 3 heteroatoms. The Morgan fingerprint density at radius 2 is 2.06 bits per heavy atom. The van der Waals surface area contributed by atoms with E-state index in [1.54, 1.807) is 7.11 Å². The Kier molecular flexibility index (Phi) is 6.11. The van der Waals surface area contributed by atoms with Crippen LogP contribution in [0.2, 0.25) is 0 Å². The number of hydrogen-bond acceptors (Lipinski definition) is 3. The van der Waals surface area contributed by atoms with E-state index in [2.05, 4.69) is 17.9 Å². The van der Waals surface area contributed by atoms with E-state index in [-0.39, 0.29) is 5.41 Å². The maximum atomic E-state index is 9.02. The first-order chi connectivity index (χ1) is 8.50. The number of ether oxygens (including phenoxy) is 1. The van der Waals surface area contributed by atoms with Crippen molar-refractivity contribution in [3.63, 3.8) is 0 Å². The first-order valence-corrected chi connectivity index (χ1v) is 7.14. The summed E-state index contributed by atoms with van der Waals surface area (Å²) in [6.07, 6.45) is 4.84. The fourth-order valence-electron chi connectivity index (χ4n) is 2.38. The predicted octanol–water partition coefficient (Wildman–Crippen LogP) is 3.06. The van der Waals surface area contributed by atoms with E-state index in [1.807, 2.05) is 13.8 Å². The number of methoxy groups -OCH3 is 1. The Hall–Kier alpha value is -0.590. The molecule has 1 unspecified atom stereocenters. The minimum Gasteiger partial charge on any atom is -0.383 e. The lowest BCUT2D eigenvalue weighted by Crippen LogP contribution is -2.38. The second kappa shape index (κ2) is 7.11. The van der Waals surface area contributed by atoms with Gasteiger partial charge in [-0.2, -0.15) is 5.26 Å². The summed E-state index contributed by atoms with van der Waals surface area (Å²) in [6, 6.07) is 3.05. The van der Waals surface area contributed by atoms with Crippen molar-refractivity contribution in [2.45, 2.75) is 52.5 Å². The van der Waals surface area contributed by atoms with Crippen LogP contribution >= 0.6 is 0 Å². The summed E-state index contributed by atoms with van der Waals surface area (Å²) in [6.45, 7) is 9.29. The van der Waals surface area contributed by atoms with Crippen molar-refractivity contribution in [3.05, 3.63) is 0 Å². The van der Waals surface area contributed by atoms with Crippen molar-refractivity contribution >= 4 is 0 Å². The Balaban J connectivity index is 2.34. The number of hydrogen-bond donors (Lipinski definition) is 0. The molecule has 0 saturated heterocycles. The van der Waals surface area contributed by atoms with Gasteiger partial charge in [0.2, 0.25) is 0 Å². The summed E-state index contributed by atoms with van der Waals surface area (Å²) in [5.41, 5.74) is -0.185. The molecule has 0 spiro atoms. The molecule has 1 rings (SSSR count). The van der Waals surface area contributed by atoms with Crippen LogP contribution in [0.4, 0.5) is 0 Å². The first-order valence-electron chi connectivity index (χ1n) is 7.14. The molecule has 1 aliphatic carbocycles. The zero-order valence-electron chi connectivity index (χ0n) is 12.4. The van der Waals surface area contributed by atoms with Gasteiger partial charge in [0.25, 0.3) is 0 Å². The largest absolute Gasteiger partial charge is 0.383 e. The van der Waals surface area contributed by atoms with Crippen molar-refractivity contribution in [2.24, 2.45) is 11.3 Å². The number of rotatable bonds is 9. The molecule has 0 bridgehead atoms. The fraction of sp³-hybridized carbons (Fsp3) is 0.933. The molecule has 0 aromatic heterocycles. The van der Waals surface area contributed by atoms with Crippen molar-refractivity contribution in [2.75, 3.05) is 26.8 Å². The maximum Gasteiger partial charge on any atom is 0.0683 e. The highest BCUT2D eigenvalue weighted by molar-refractivity contribution is 4.92. The summed E-state index contributed by atoms with van der Waals surface area (Å²) in [5, 5.41) is 9.02. The van der Waals surface area contributed by atoms with E-state index in [4.69, 9.17) is 10.00 Å². The van der Waals surface area contributed by atoms with Gasteiger partial charge >= 0.3 is 0 Å². The average Bonchev–Trinajstić information content (AvgIpc) is 3.16. The molecule has 0 aliphatic heterocycles. The quantitative estimate of drug-likeness (QED) is 0.633. The lowest BCUT2D eigenvalue weighted by atomic mass is 9.89. The molecule has 0 N–H and O–H groups in total. The highest BCUT2D eigenvalue weighted by Gasteiger charge is 2.31.